The van der Waals surface area contributed by atoms with Gasteiger partial charge in [-0.2, -0.15) is 0 Å². The van der Waals surface area contributed by atoms with Crippen LogP contribution in [0.25, 0.3) is 0 Å². The second-order valence-corrected chi connectivity index (χ2v) is 6.69. The highest BCUT2D eigenvalue weighted by Gasteiger charge is 2.29. The minimum Gasteiger partial charge on any atom is -0.375 e. The average molecular weight is 193 g/mol. The lowest BCUT2D eigenvalue weighted by Gasteiger charge is -2.25. The first-order valence-electron chi connectivity index (χ1n) is 4.52. The Kier molecular flexibility index (Phi) is 2.23. The lowest BCUT2D eigenvalue weighted by molar-refractivity contribution is 0.619. The van der Waals surface area contributed by atoms with Crippen LogP contribution in [0.2, 0.25) is 0 Å². The van der Waals surface area contributed by atoms with Crippen molar-refractivity contribution in [3.63, 3.8) is 0 Å². The Hall–Kier alpha value is -0.650. The Labute approximate surface area is 79.5 Å². The molecular formula is C11H14OP. The van der Waals surface area contributed by atoms with Crippen molar-refractivity contribution >= 4 is 12.8 Å². The fraction of sp³-hybridized carbons (Fsp3) is 0.273. The topological polar surface area (TPSA) is 20.2 Å². The molecule has 1 aromatic rings. The molecule has 69 valence electrons. The van der Waals surface area contributed by atoms with Crippen molar-refractivity contribution in [1.29, 1.82) is 0 Å². The summed E-state index contributed by atoms with van der Waals surface area (Å²) in [5.41, 5.74) is 1.33. The first-order chi connectivity index (χ1) is 6.21. The van der Waals surface area contributed by atoms with Gasteiger partial charge in [0, 0.05) is 19.8 Å². The molecule has 1 radical (unpaired) electrons. The highest BCUT2D eigenvalue weighted by Crippen LogP contribution is 2.57. The van der Waals surface area contributed by atoms with Crippen LogP contribution in [0.15, 0.2) is 42.0 Å². The van der Waals surface area contributed by atoms with E-state index in [-0.39, 0.29) is 0 Å². The van der Waals surface area contributed by atoms with Gasteiger partial charge >= 0.3 is 0 Å². The number of hydrogen-bond donors (Lipinski definition) is 1. The Morgan fingerprint density at radius 1 is 1.23 bits per heavy atom. The number of rotatable bonds is 1. The van der Waals surface area contributed by atoms with E-state index in [9.17, 15) is 4.89 Å². The molecule has 1 heterocycles. The van der Waals surface area contributed by atoms with Gasteiger partial charge in [-0.3, -0.25) is 0 Å². The van der Waals surface area contributed by atoms with Crippen LogP contribution in [0.4, 0.5) is 0 Å². The zero-order valence-electron chi connectivity index (χ0n) is 7.77. The van der Waals surface area contributed by atoms with Crippen molar-refractivity contribution in [2.24, 2.45) is 0 Å². The van der Waals surface area contributed by atoms with Gasteiger partial charge in [-0.1, -0.05) is 42.0 Å². The zero-order chi connectivity index (χ0) is 9.31. The maximum absolute atomic E-state index is 10.4. The first kappa shape index (κ1) is 8.93. The van der Waals surface area contributed by atoms with Crippen molar-refractivity contribution in [3.05, 3.63) is 42.0 Å². The van der Waals surface area contributed by atoms with Gasteiger partial charge < -0.3 is 4.89 Å². The Balaban J connectivity index is 2.28. The summed E-state index contributed by atoms with van der Waals surface area (Å²) in [5.74, 6) is 0. The maximum atomic E-state index is 10.4. The molecule has 2 rings (SSSR count). The van der Waals surface area contributed by atoms with Crippen LogP contribution in [0, 0.1) is 0 Å². The summed E-state index contributed by atoms with van der Waals surface area (Å²) in [6, 6.07) is 10.1. The smallest absolute Gasteiger partial charge is 0.0191 e. The van der Waals surface area contributed by atoms with Gasteiger partial charge in [-0.25, -0.2) is 0 Å². The lowest BCUT2D eigenvalue weighted by Crippen LogP contribution is -2.12. The molecule has 1 aromatic carbocycles. The van der Waals surface area contributed by atoms with E-state index in [1.165, 1.54) is 5.57 Å². The molecule has 1 aliphatic rings. The van der Waals surface area contributed by atoms with E-state index >= 15 is 0 Å². The van der Waals surface area contributed by atoms with Gasteiger partial charge in [0.15, 0.2) is 0 Å². The van der Waals surface area contributed by atoms with Gasteiger partial charge in [-0.15, -0.1) is 0 Å². The molecule has 0 saturated carbocycles. The van der Waals surface area contributed by atoms with Crippen molar-refractivity contribution in [2.75, 3.05) is 12.3 Å². The van der Waals surface area contributed by atoms with E-state index in [1.54, 1.807) is 0 Å². The minimum absolute atomic E-state index is 0.864. The molecule has 1 aliphatic heterocycles. The third-order valence-electron chi connectivity index (χ3n) is 2.49. The predicted molar refractivity (Wildman–Crippen MR) is 58.7 cm³/mol. The predicted octanol–water partition coefficient (Wildman–Crippen LogP) is 2.20. The number of benzene rings is 1. The molecule has 0 spiro atoms. The molecule has 0 fully saturated rings. The summed E-state index contributed by atoms with van der Waals surface area (Å²) in [4.78, 5) is 10.4. The van der Waals surface area contributed by atoms with Gasteiger partial charge in [0.2, 0.25) is 0 Å². The standard InChI is InChI=1S/C11H14OP/c1-10-7-8-13(12,9-10)11-5-3-2-4-6-11/h2-7,12H,8-9H2,1H3. The Morgan fingerprint density at radius 2 is 1.92 bits per heavy atom. The summed E-state index contributed by atoms with van der Waals surface area (Å²) in [7, 11) is -1.82. The van der Waals surface area contributed by atoms with Crippen molar-refractivity contribution in [1.82, 2.24) is 0 Å². The summed E-state index contributed by atoms with van der Waals surface area (Å²) < 4.78 is 0. The van der Waals surface area contributed by atoms with Gasteiger partial charge in [-0.05, 0) is 12.2 Å². The SMILES string of the molecule is CC1=CC[P](O)(c2ccccc2)C1. The van der Waals surface area contributed by atoms with Crippen LogP contribution in [-0.2, 0) is 0 Å². The van der Waals surface area contributed by atoms with E-state index in [0.29, 0.717) is 0 Å². The van der Waals surface area contributed by atoms with Crippen molar-refractivity contribution in [3.8, 4) is 0 Å². The molecule has 2 heteroatoms. The number of hydrogen-bond acceptors (Lipinski definition) is 1. The van der Waals surface area contributed by atoms with E-state index in [2.05, 4.69) is 13.0 Å². The summed E-state index contributed by atoms with van der Waals surface area (Å²) >= 11 is 0. The van der Waals surface area contributed by atoms with Crippen molar-refractivity contribution in [2.45, 2.75) is 6.92 Å². The Morgan fingerprint density at radius 3 is 2.46 bits per heavy atom. The third-order valence-corrected chi connectivity index (χ3v) is 5.56. The molecule has 1 N–H and O–H groups in total. The van der Waals surface area contributed by atoms with Gasteiger partial charge in [0.25, 0.3) is 0 Å². The van der Waals surface area contributed by atoms with Crippen LogP contribution < -0.4 is 5.30 Å². The second kappa shape index (κ2) is 3.25. The summed E-state index contributed by atoms with van der Waals surface area (Å²) in [5, 5.41) is 1.14. The lowest BCUT2D eigenvalue weighted by atomic mass is 10.3. The maximum Gasteiger partial charge on any atom is 0.0191 e. The molecule has 0 aromatic heterocycles. The molecule has 0 saturated heterocycles. The second-order valence-electron chi connectivity index (χ2n) is 3.65. The summed E-state index contributed by atoms with van der Waals surface area (Å²) in [6.07, 6.45) is 3.92. The van der Waals surface area contributed by atoms with Crippen LogP contribution in [0.5, 0.6) is 0 Å². The molecule has 1 atom stereocenters. The van der Waals surface area contributed by atoms with E-state index < -0.39 is 7.49 Å². The highest BCUT2D eigenvalue weighted by atomic mass is 31.2. The van der Waals surface area contributed by atoms with Crippen LogP contribution >= 0.6 is 7.49 Å². The number of allylic oxidation sites excluding steroid dienone is 2. The summed E-state index contributed by atoms with van der Waals surface area (Å²) in [6.45, 7) is 2.10. The van der Waals surface area contributed by atoms with Crippen molar-refractivity contribution < 1.29 is 4.89 Å². The fourth-order valence-electron chi connectivity index (χ4n) is 1.75. The molecule has 0 aliphatic carbocycles. The van der Waals surface area contributed by atoms with Crippen LogP contribution in [-0.4, -0.2) is 17.2 Å². The molecule has 1 unspecified atom stereocenters. The van der Waals surface area contributed by atoms with E-state index in [1.807, 2.05) is 30.3 Å². The van der Waals surface area contributed by atoms with Crippen LogP contribution in [0.3, 0.4) is 0 Å². The normalized spacial score (nSPS) is 27.4. The minimum atomic E-state index is -1.82. The zero-order valence-corrected chi connectivity index (χ0v) is 8.67. The molecular weight excluding hydrogens is 179 g/mol. The third kappa shape index (κ3) is 1.67. The monoisotopic (exact) mass is 193 g/mol. The van der Waals surface area contributed by atoms with Gasteiger partial charge in [0.1, 0.15) is 0 Å². The fourth-order valence-corrected chi connectivity index (χ4v) is 4.57. The molecule has 1 nitrogen and oxygen atoms in total. The van der Waals surface area contributed by atoms with E-state index in [4.69, 9.17) is 0 Å². The first-order valence-corrected chi connectivity index (χ1v) is 6.63. The highest BCUT2D eigenvalue weighted by molar-refractivity contribution is 7.78. The molecule has 0 amide bonds. The molecule has 0 bridgehead atoms. The largest absolute Gasteiger partial charge is 0.375 e. The Bertz CT molecular complexity index is 331. The average Bonchev–Trinajstić information content (AvgIpc) is 2.49. The quantitative estimate of drug-likeness (QED) is 0.535. The van der Waals surface area contributed by atoms with Gasteiger partial charge in [0.05, 0.1) is 0 Å². The van der Waals surface area contributed by atoms with Crippen LogP contribution in [0.1, 0.15) is 6.92 Å². The van der Waals surface area contributed by atoms with E-state index in [0.717, 1.165) is 17.6 Å². The molecule has 13 heavy (non-hydrogen) atoms.